The number of halogens is 2. The lowest BCUT2D eigenvalue weighted by Gasteiger charge is -2.34. The molecular formula is C17H25Cl2N. The van der Waals surface area contributed by atoms with E-state index in [4.69, 9.17) is 23.2 Å². The van der Waals surface area contributed by atoms with Crippen molar-refractivity contribution >= 4 is 23.2 Å². The summed E-state index contributed by atoms with van der Waals surface area (Å²) < 4.78 is 0. The van der Waals surface area contributed by atoms with Crippen LogP contribution in [0.3, 0.4) is 0 Å². The van der Waals surface area contributed by atoms with Gasteiger partial charge in [-0.3, -0.25) is 0 Å². The maximum Gasteiger partial charge on any atom is 0.0595 e. The fourth-order valence-electron chi connectivity index (χ4n) is 3.35. The van der Waals surface area contributed by atoms with E-state index in [2.05, 4.69) is 25.2 Å². The van der Waals surface area contributed by atoms with Crippen molar-refractivity contribution in [2.75, 3.05) is 6.54 Å². The number of benzene rings is 1. The van der Waals surface area contributed by atoms with Gasteiger partial charge in [0.15, 0.2) is 0 Å². The molecule has 1 aromatic rings. The highest BCUT2D eigenvalue weighted by Crippen LogP contribution is 2.38. The second-order valence-corrected chi connectivity index (χ2v) is 6.95. The largest absolute Gasteiger partial charge is 0.310 e. The van der Waals surface area contributed by atoms with E-state index in [1.165, 1.54) is 31.2 Å². The molecule has 0 aliphatic heterocycles. The lowest BCUT2D eigenvalue weighted by molar-refractivity contribution is 0.224. The summed E-state index contributed by atoms with van der Waals surface area (Å²) in [6.45, 7) is 5.63. The summed E-state index contributed by atoms with van der Waals surface area (Å²) in [6.07, 6.45) is 6.49. The second-order valence-electron chi connectivity index (χ2n) is 6.14. The first-order chi connectivity index (χ1) is 9.61. The number of hydrogen-bond donors (Lipinski definition) is 1. The fourth-order valence-corrected chi connectivity index (χ4v) is 3.65. The highest BCUT2D eigenvalue weighted by molar-refractivity contribution is 6.42. The monoisotopic (exact) mass is 313 g/mol. The Morgan fingerprint density at radius 2 is 2.05 bits per heavy atom. The highest BCUT2D eigenvalue weighted by atomic mass is 35.5. The third-order valence-corrected chi connectivity index (χ3v) is 5.10. The lowest BCUT2D eigenvalue weighted by atomic mass is 9.76. The number of rotatable bonds is 5. The minimum atomic E-state index is 0.410. The van der Waals surface area contributed by atoms with E-state index in [1.807, 2.05) is 12.1 Å². The van der Waals surface area contributed by atoms with Gasteiger partial charge in [-0.15, -0.1) is 0 Å². The van der Waals surface area contributed by atoms with Crippen molar-refractivity contribution in [3.05, 3.63) is 33.8 Å². The summed E-state index contributed by atoms with van der Waals surface area (Å²) in [6, 6.07) is 6.50. The minimum absolute atomic E-state index is 0.410. The van der Waals surface area contributed by atoms with Gasteiger partial charge in [0, 0.05) is 6.04 Å². The normalized spacial score (nSPS) is 24.6. The van der Waals surface area contributed by atoms with Gasteiger partial charge in [0.05, 0.1) is 10.0 Å². The third-order valence-electron chi connectivity index (χ3n) is 4.37. The Bertz CT molecular complexity index is 433. The topological polar surface area (TPSA) is 12.0 Å². The summed E-state index contributed by atoms with van der Waals surface area (Å²) in [5.74, 6) is 1.55. The molecule has 1 N–H and O–H groups in total. The summed E-state index contributed by atoms with van der Waals surface area (Å²) in [5, 5.41) is 5.02. The Morgan fingerprint density at radius 1 is 1.25 bits per heavy atom. The smallest absolute Gasteiger partial charge is 0.0595 e. The lowest BCUT2D eigenvalue weighted by Crippen LogP contribution is -2.31. The SMILES string of the molecule is CCCNC(c1ccc(Cl)c(Cl)c1)C1CCCC(C)C1. The van der Waals surface area contributed by atoms with Crippen LogP contribution in [0.15, 0.2) is 18.2 Å². The van der Waals surface area contributed by atoms with E-state index < -0.39 is 0 Å². The van der Waals surface area contributed by atoms with Crippen LogP contribution in [-0.4, -0.2) is 6.54 Å². The number of nitrogens with one attached hydrogen (secondary N) is 1. The molecule has 3 atom stereocenters. The van der Waals surface area contributed by atoms with Crippen LogP contribution in [0.2, 0.25) is 10.0 Å². The van der Waals surface area contributed by atoms with Crippen molar-refractivity contribution in [3.63, 3.8) is 0 Å². The fraction of sp³-hybridized carbons (Fsp3) is 0.647. The Labute approximate surface area is 133 Å². The van der Waals surface area contributed by atoms with Crippen molar-refractivity contribution < 1.29 is 0 Å². The van der Waals surface area contributed by atoms with Crippen LogP contribution in [0.4, 0.5) is 0 Å². The quantitative estimate of drug-likeness (QED) is 0.717. The molecular weight excluding hydrogens is 289 g/mol. The molecule has 1 aromatic carbocycles. The van der Waals surface area contributed by atoms with E-state index in [0.29, 0.717) is 22.0 Å². The van der Waals surface area contributed by atoms with Crippen LogP contribution in [0.1, 0.15) is 57.6 Å². The Morgan fingerprint density at radius 3 is 2.70 bits per heavy atom. The summed E-state index contributed by atoms with van der Waals surface area (Å²) >= 11 is 12.2. The van der Waals surface area contributed by atoms with Gasteiger partial charge in [-0.25, -0.2) is 0 Å². The van der Waals surface area contributed by atoms with Crippen molar-refractivity contribution in [2.24, 2.45) is 11.8 Å². The van der Waals surface area contributed by atoms with Gasteiger partial charge in [-0.2, -0.15) is 0 Å². The molecule has 0 heterocycles. The predicted octanol–water partition coefficient (Wildman–Crippen LogP) is 5.86. The zero-order valence-electron chi connectivity index (χ0n) is 12.5. The Balaban J connectivity index is 2.19. The van der Waals surface area contributed by atoms with Crippen LogP contribution in [0.25, 0.3) is 0 Å². The van der Waals surface area contributed by atoms with Crippen LogP contribution in [-0.2, 0) is 0 Å². The third kappa shape index (κ3) is 4.13. The molecule has 3 heteroatoms. The van der Waals surface area contributed by atoms with Crippen molar-refractivity contribution in [3.8, 4) is 0 Å². The van der Waals surface area contributed by atoms with Crippen molar-refractivity contribution in [1.82, 2.24) is 5.32 Å². The molecule has 1 saturated carbocycles. The van der Waals surface area contributed by atoms with Gasteiger partial charge in [0.1, 0.15) is 0 Å². The van der Waals surface area contributed by atoms with Crippen molar-refractivity contribution in [1.29, 1.82) is 0 Å². The van der Waals surface area contributed by atoms with Gasteiger partial charge in [0.2, 0.25) is 0 Å². The van der Waals surface area contributed by atoms with E-state index in [0.717, 1.165) is 18.9 Å². The summed E-state index contributed by atoms with van der Waals surface area (Å²) in [7, 11) is 0. The van der Waals surface area contributed by atoms with Gasteiger partial charge in [0.25, 0.3) is 0 Å². The Kier molecular flexibility index (Phi) is 6.20. The molecule has 0 spiro atoms. The first-order valence-corrected chi connectivity index (χ1v) is 8.55. The molecule has 1 nitrogen and oxygen atoms in total. The predicted molar refractivity (Wildman–Crippen MR) is 88.6 cm³/mol. The van der Waals surface area contributed by atoms with Crippen LogP contribution < -0.4 is 5.32 Å². The average molecular weight is 314 g/mol. The molecule has 0 bridgehead atoms. The van der Waals surface area contributed by atoms with Gasteiger partial charge < -0.3 is 5.32 Å². The molecule has 3 unspecified atom stereocenters. The first-order valence-electron chi connectivity index (χ1n) is 7.80. The zero-order valence-corrected chi connectivity index (χ0v) is 14.0. The minimum Gasteiger partial charge on any atom is -0.310 e. The van der Waals surface area contributed by atoms with E-state index in [1.54, 1.807) is 0 Å². The standard InChI is InChI=1S/C17H25Cl2N/c1-3-9-20-17(13-6-4-5-12(2)10-13)14-7-8-15(18)16(19)11-14/h7-8,11-13,17,20H,3-6,9-10H2,1-2H3. The first kappa shape index (κ1) is 16.1. The van der Waals surface area contributed by atoms with Crippen LogP contribution in [0.5, 0.6) is 0 Å². The molecule has 2 rings (SSSR count). The second kappa shape index (κ2) is 7.68. The van der Waals surface area contributed by atoms with Gasteiger partial charge >= 0.3 is 0 Å². The van der Waals surface area contributed by atoms with E-state index >= 15 is 0 Å². The highest BCUT2D eigenvalue weighted by Gasteiger charge is 2.27. The molecule has 112 valence electrons. The molecule has 20 heavy (non-hydrogen) atoms. The maximum absolute atomic E-state index is 6.20. The summed E-state index contributed by atoms with van der Waals surface area (Å²) in [5.41, 5.74) is 1.28. The molecule has 1 aliphatic rings. The molecule has 1 aliphatic carbocycles. The van der Waals surface area contributed by atoms with E-state index in [9.17, 15) is 0 Å². The molecule has 0 radical (unpaired) electrons. The molecule has 0 amide bonds. The van der Waals surface area contributed by atoms with Gasteiger partial charge in [-0.05, 0) is 55.3 Å². The molecule has 1 fully saturated rings. The Hall–Kier alpha value is -0.240. The van der Waals surface area contributed by atoms with Gasteiger partial charge in [-0.1, -0.05) is 56.0 Å². The molecule has 0 aromatic heterocycles. The maximum atomic E-state index is 6.20. The van der Waals surface area contributed by atoms with E-state index in [-0.39, 0.29) is 0 Å². The van der Waals surface area contributed by atoms with Crippen LogP contribution in [0, 0.1) is 11.8 Å². The zero-order chi connectivity index (χ0) is 14.5. The number of hydrogen-bond acceptors (Lipinski definition) is 1. The van der Waals surface area contributed by atoms with Crippen molar-refractivity contribution in [2.45, 2.75) is 52.0 Å². The van der Waals surface area contributed by atoms with Crippen LogP contribution >= 0.6 is 23.2 Å². The summed E-state index contributed by atoms with van der Waals surface area (Å²) in [4.78, 5) is 0. The molecule has 0 saturated heterocycles. The average Bonchev–Trinajstić information content (AvgIpc) is 2.43.